The number of benzene rings is 1. The molecule has 2 aliphatic heterocycles. The van der Waals surface area contributed by atoms with Gasteiger partial charge < -0.3 is 10.6 Å². The van der Waals surface area contributed by atoms with Crippen LogP contribution >= 0.6 is 0 Å². The lowest BCUT2D eigenvalue weighted by Crippen LogP contribution is -2.52. The number of rotatable bonds is 5. The summed E-state index contributed by atoms with van der Waals surface area (Å²) in [5, 5.41) is 2.32. The molecule has 8 heteroatoms. The number of carbonyl (C=O) groups excluding carboxylic acids is 4. The van der Waals surface area contributed by atoms with Crippen molar-refractivity contribution in [1.82, 2.24) is 15.2 Å². The molecule has 0 bridgehead atoms. The molecule has 32 heavy (non-hydrogen) atoms. The summed E-state index contributed by atoms with van der Waals surface area (Å²) < 4.78 is 0. The van der Waals surface area contributed by atoms with Gasteiger partial charge in [0.1, 0.15) is 11.7 Å². The molecule has 0 saturated carbocycles. The third-order valence-electron chi connectivity index (χ3n) is 6.03. The van der Waals surface area contributed by atoms with Gasteiger partial charge in [-0.25, -0.2) is 0 Å². The molecular formula is C24H24N4O4. The molecule has 164 valence electrons. The second-order valence-corrected chi connectivity index (χ2v) is 8.59. The van der Waals surface area contributed by atoms with E-state index >= 15 is 0 Å². The number of nitrogens with two attached hydrogens (primary N) is 1. The van der Waals surface area contributed by atoms with Crippen molar-refractivity contribution in [2.75, 3.05) is 0 Å². The fourth-order valence-electron chi connectivity index (χ4n) is 4.28. The van der Waals surface area contributed by atoms with Crippen LogP contribution in [-0.4, -0.2) is 39.6 Å². The number of carbonyl (C=O) groups is 4. The zero-order chi connectivity index (χ0) is 23.0. The van der Waals surface area contributed by atoms with Gasteiger partial charge in [-0.2, -0.15) is 0 Å². The van der Waals surface area contributed by atoms with Gasteiger partial charge in [0.15, 0.2) is 0 Å². The van der Waals surface area contributed by atoms with E-state index in [9.17, 15) is 19.2 Å². The van der Waals surface area contributed by atoms with Gasteiger partial charge in [0.05, 0.1) is 0 Å². The average molecular weight is 432 g/mol. The SMILES string of the molecule is CC(C)(C=Cc1cccc2c1CN(C1CCC(=O)NC1=O)C2=O)c1cccnc1C(N)=O. The van der Waals surface area contributed by atoms with Crippen molar-refractivity contribution in [3.8, 4) is 0 Å². The Hall–Kier alpha value is -3.81. The molecule has 4 amide bonds. The highest BCUT2D eigenvalue weighted by molar-refractivity contribution is 6.05. The summed E-state index contributed by atoms with van der Waals surface area (Å²) in [7, 11) is 0. The highest BCUT2D eigenvalue weighted by atomic mass is 16.2. The first kappa shape index (κ1) is 21.4. The van der Waals surface area contributed by atoms with E-state index in [1.54, 1.807) is 18.2 Å². The molecule has 0 spiro atoms. The summed E-state index contributed by atoms with van der Waals surface area (Å²) in [4.78, 5) is 54.2. The Morgan fingerprint density at radius 1 is 1.22 bits per heavy atom. The summed E-state index contributed by atoms with van der Waals surface area (Å²) in [5.74, 6) is -1.55. The number of amides is 4. The molecule has 1 unspecified atom stereocenters. The number of nitrogens with zero attached hydrogens (tertiary/aromatic N) is 2. The van der Waals surface area contributed by atoms with Crippen LogP contribution in [0.25, 0.3) is 6.08 Å². The lowest BCUT2D eigenvalue weighted by Gasteiger charge is -2.29. The zero-order valence-corrected chi connectivity index (χ0v) is 17.9. The average Bonchev–Trinajstić information content (AvgIpc) is 3.09. The van der Waals surface area contributed by atoms with Crippen LogP contribution in [0.2, 0.25) is 0 Å². The minimum Gasteiger partial charge on any atom is -0.364 e. The monoisotopic (exact) mass is 432 g/mol. The van der Waals surface area contributed by atoms with E-state index < -0.39 is 23.3 Å². The smallest absolute Gasteiger partial charge is 0.267 e. The summed E-state index contributed by atoms with van der Waals surface area (Å²) in [6.07, 6.45) is 5.93. The molecule has 3 heterocycles. The number of hydrogen-bond acceptors (Lipinski definition) is 5. The molecule has 0 aliphatic carbocycles. The Kier molecular flexibility index (Phi) is 5.38. The van der Waals surface area contributed by atoms with Crippen molar-refractivity contribution in [3.05, 3.63) is 70.6 Å². The van der Waals surface area contributed by atoms with Crippen LogP contribution in [0.5, 0.6) is 0 Å². The normalized spacial score (nSPS) is 18.8. The summed E-state index contributed by atoms with van der Waals surface area (Å²) >= 11 is 0. The fraction of sp³-hybridized carbons (Fsp3) is 0.292. The maximum atomic E-state index is 13.0. The van der Waals surface area contributed by atoms with Crippen molar-refractivity contribution in [2.45, 2.75) is 44.7 Å². The molecule has 3 N–H and O–H groups in total. The third kappa shape index (κ3) is 3.79. The van der Waals surface area contributed by atoms with E-state index in [2.05, 4.69) is 10.3 Å². The molecule has 1 aromatic heterocycles. The Labute approximate surface area is 185 Å². The molecule has 1 atom stereocenters. The summed E-state index contributed by atoms with van der Waals surface area (Å²) in [6, 6.07) is 8.38. The van der Waals surface area contributed by atoms with E-state index in [0.29, 0.717) is 24.1 Å². The first-order valence-corrected chi connectivity index (χ1v) is 10.4. The van der Waals surface area contributed by atoms with Crippen LogP contribution in [-0.2, 0) is 21.5 Å². The summed E-state index contributed by atoms with van der Waals surface area (Å²) in [6.45, 7) is 4.20. The van der Waals surface area contributed by atoms with Gasteiger partial charge in [0.2, 0.25) is 11.8 Å². The topological polar surface area (TPSA) is 122 Å². The van der Waals surface area contributed by atoms with Gasteiger partial charge in [-0.05, 0) is 35.2 Å². The number of hydrogen-bond donors (Lipinski definition) is 2. The van der Waals surface area contributed by atoms with Crippen LogP contribution in [0.3, 0.4) is 0 Å². The number of primary amides is 1. The zero-order valence-electron chi connectivity index (χ0n) is 17.9. The molecule has 1 saturated heterocycles. The molecule has 4 rings (SSSR count). The van der Waals surface area contributed by atoms with Crippen molar-refractivity contribution in [2.24, 2.45) is 5.73 Å². The van der Waals surface area contributed by atoms with Crippen LogP contribution in [0, 0.1) is 0 Å². The Bertz CT molecular complexity index is 1170. The van der Waals surface area contributed by atoms with Crippen LogP contribution < -0.4 is 11.1 Å². The first-order chi connectivity index (χ1) is 15.2. The highest BCUT2D eigenvalue weighted by Crippen LogP contribution is 2.32. The van der Waals surface area contributed by atoms with Gasteiger partial charge >= 0.3 is 0 Å². The second-order valence-electron chi connectivity index (χ2n) is 8.59. The van der Waals surface area contributed by atoms with Crippen molar-refractivity contribution in [1.29, 1.82) is 0 Å². The number of fused-ring (bicyclic) bond motifs is 1. The predicted molar refractivity (Wildman–Crippen MR) is 117 cm³/mol. The van der Waals surface area contributed by atoms with Crippen molar-refractivity contribution in [3.63, 3.8) is 0 Å². The molecule has 1 aromatic carbocycles. The minimum atomic E-state index is -0.658. The second kappa shape index (κ2) is 8.03. The fourth-order valence-corrected chi connectivity index (χ4v) is 4.28. The molecule has 0 radical (unpaired) electrons. The van der Waals surface area contributed by atoms with Crippen molar-refractivity contribution >= 4 is 29.7 Å². The number of allylic oxidation sites excluding steroid dienone is 1. The number of pyridine rings is 1. The lowest BCUT2D eigenvalue weighted by molar-refractivity contribution is -0.136. The van der Waals surface area contributed by atoms with E-state index in [4.69, 9.17) is 5.73 Å². The van der Waals surface area contributed by atoms with Gasteiger partial charge in [-0.1, -0.05) is 44.2 Å². The number of piperidine rings is 1. The van der Waals surface area contributed by atoms with Crippen LogP contribution in [0.15, 0.2) is 42.6 Å². The van der Waals surface area contributed by atoms with Gasteiger partial charge in [0, 0.05) is 30.1 Å². The van der Waals surface area contributed by atoms with E-state index in [1.807, 2.05) is 38.1 Å². The molecule has 8 nitrogen and oxygen atoms in total. The minimum absolute atomic E-state index is 0.213. The van der Waals surface area contributed by atoms with Crippen LogP contribution in [0.1, 0.15) is 64.2 Å². The number of nitrogens with one attached hydrogen (secondary N) is 1. The third-order valence-corrected chi connectivity index (χ3v) is 6.03. The van der Waals surface area contributed by atoms with Gasteiger partial charge in [0.25, 0.3) is 11.8 Å². The molecule has 2 aromatic rings. The highest BCUT2D eigenvalue weighted by Gasteiger charge is 2.39. The van der Waals surface area contributed by atoms with Crippen LogP contribution in [0.4, 0.5) is 0 Å². The standard InChI is InChI=1S/C24H24N4O4/c1-24(2,17-7-4-12-26-20(17)21(25)30)11-10-14-5-3-6-15-16(14)13-28(23(15)32)18-8-9-19(29)27-22(18)31/h3-7,10-12,18H,8-9,13H2,1-2H3,(H2,25,30)(H,27,29,31). The number of aromatic nitrogens is 1. The van der Waals surface area contributed by atoms with E-state index in [0.717, 1.165) is 11.1 Å². The Balaban J connectivity index is 1.63. The summed E-state index contributed by atoms with van der Waals surface area (Å²) in [5.41, 5.74) is 8.10. The van der Waals surface area contributed by atoms with E-state index in [-0.39, 0.29) is 23.9 Å². The van der Waals surface area contributed by atoms with E-state index in [1.165, 1.54) is 11.1 Å². The van der Waals surface area contributed by atoms with Gasteiger partial charge in [-0.15, -0.1) is 0 Å². The predicted octanol–water partition coefficient (Wildman–Crippen LogP) is 1.93. The molecule has 1 fully saturated rings. The van der Waals surface area contributed by atoms with Gasteiger partial charge in [-0.3, -0.25) is 29.5 Å². The molecular weight excluding hydrogens is 408 g/mol. The number of imide groups is 1. The Morgan fingerprint density at radius 2 is 2.00 bits per heavy atom. The largest absolute Gasteiger partial charge is 0.364 e. The van der Waals surface area contributed by atoms with Crippen molar-refractivity contribution < 1.29 is 19.2 Å². The molecule has 2 aliphatic rings. The maximum absolute atomic E-state index is 13.0. The first-order valence-electron chi connectivity index (χ1n) is 10.4. The lowest BCUT2D eigenvalue weighted by atomic mass is 9.82. The quantitative estimate of drug-likeness (QED) is 0.699. The maximum Gasteiger partial charge on any atom is 0.267 e. The Morgan fingerprint density at radius 3 is 2.72 bits per heavy atom.